The van der Waals surface area contributed by atoms with Crippen LogP contribution >= 0.6 is 11.3 Å². The van der Waals surface area contributed by atoms with Crippen LogP contribution in [0.3, 0.4) is 0 Å². The van der Waals surface area contributed by atoms with Gasteiger partial charge in [-0.2, -0.15) is 0 Å². The molecule has 0 amide bonds. The summed E-state index contributed by atoms with van der Waals surface area (Å²) in [5, 5.41) is 13.0. The number of carboxylic acids is 1. The van der Waals surface area contributed by atoms with Crippen molar-refractivity contribution in [3.05, 3.63) is 16.8 Å². The Morgan fingerprint density at radius 3 is 2.89 bits per heavy atom. The molecule has 0 aliphatic rings. The van der Waals surface area contributed by atoms with Gasteiger partial charge in [-0.25, -0.2) is 9.97 Å². The lowest BCUT2D eigenvalue weighted by molar-refractivity contribution is -0.137. The van der Waals surface area contributed by atoms with Gasteiger partial charge in [0, 0.05) is 17.3 Å². The number of carbonyl (C=O) groups is 1. The van der Waals surface area contributed by atoms with Crippen molar-refractivity contribution in [2.75, 3.05) is 5.32 Å². The van der Waals surface area contributed by atoms with Crippen molar-refractivity contribution in [3.63, 3.8) is 0 Å². The maximum atomic E-state index is 10.6. The highest BCUT2D eigenvalue weighted by atomic mass is 32.1. The summed E-state index contributed by atoms with van der Waals surface area (Å²) in [6, 6.07) is 0.0637. The lowest BCUT2D eigenvalue weighted by Crippen LogP contribution is -2.17. The zero-order valence-corrected chi connectivity index (χ0v) is 12.0. The van der Waals surface area contributed by atoms with Crippen LogP contribution in [-0.2, 0) is 4.79 Å². The Kier molecular flexibility index (Phi) is 3.99. The Hall–Kier alpha value is -1.69. The molecule has 1 atom stereocenters. The Labute approximate surface area is 115 Å². The van der Waals surface area contributed by atoms with Gasteiger partial charge in [-0.1, -0.05) is 0 Å². The zero-order chi connectivity index (χ0) is 14.0. The smallest absolute Gasteiger partial charge is 0.303 e. The first-order valence-corrected chi connectivity index (χ1v) is 6.99. The second-order valence-corrected chi connectivity index (χ2v) is 5.87. The summed E-state index contributed by atoms with van der Waals surface area (Å²) in [5.74, 6) is 0.0220. The second-order valence-electron chi connectivity index (χ2n) is 4.66. The summed E-state index contributed by atoms with van der Waals surface area (Å²) >= 11 is 1.65. The third kappa shape index (κ3) is 3.01. The van der Waals surface area contributed by atoms with E-state index in [1.807, 2.05) is 6.92 Å². The van der Waals surface area contributed by atoms with Crippen LogP contribution in [0.4, 0.5) is 5.82 Å². The van der Waals surface area contributed by atoms with E-state index in [-0.39, 0.29) is 12.5 Å². The SMILES string of the molecule is Cc1sc2ncnc(NC(C)CCC(=O)O)c2c1C. The number of rotatable bonds is 5. The van der Waals surface area contributed by atoms with Crippen molar-refractivity contribution in [2.45, 2.75) is 39.7 Å². The summed E-state index contributed by atoms with van der Waals surface area (Å²) in [6.07, 6.45) is 2.27. The highest BCUT2D eigenvalue weighted by Crippen LogP contribution is 2.32. The molecule has 0 aromatic carbocycles. The van der Waals surface area contributed by atoms with Crippen molar-refractivity contribution in [2.24, 2.45) is 0 Å². The second kappa shape index (κ2) is 5.52. The Morgan fingerprint density at radius 2 is 2.21 bits per heavy atom. The molecule has 0 aliphatic heterocycles. The lowest BCUT2D eigenvalue weighted by atomic mass is 10.1. The number of aryl methyl sites for hydroxylation is 2. The Morgan fingerprint density at radius 1 is 1.47 bits per heavy atom. The fourth-order valence-corrected chi connectivity index (χ4v) is 2.93. The number of nitrogens with zero attached hydrogens (tertiary/aromatic N) is 2. The molecule has 2 aromatic rings. The molecule has 0 radical (unpaired) electrons. The normalized spacial score (nSPS) is 12.6. The topological polar surface area (TPSA) is 75.1 Å². The first kappa shape index (κ1) is 13.7. The molecule has 2 heterocycles. The standard InChI is InChI=1S/C13H17N3O2S/c1-7(4-5-10(17)18)16-12-11-8(2)9(3)19-13(11)15-6-14-12/h6-7H,4-5H2,1-3H3,(H,17,18)(H,14,15,16). The van der Waals surface area contributed by atoms with E-state index in [9.17, 15) is 4.79 Å². The molecule has 0 spiro atoms. The van der Waals surface area contributed by atoms with Crippen LogP contribution in [0.1, 0.15) is 30.2 Å². The average molecular weight is 279 g/mol. The summed E-state index contributed by atoms with van der Waals surface area (Å²) in [4.78, 5) is 21.3. The van der Waals surface area contributed by atoms with Gasteiger partial charge in [0.05, 0.1) is 5.39 Å². The van der Waals surface area contributed by atoms with Crippen LogP contribution in [0.2, 0.25) is 0 Å². The molecule has 19 heavy (non-hydrogen) atoms. The number of carboxylic acid groups (broad SMARTS) is 1. The third-order valence-electron chi connectivity index (χ3n) is 3.14. The minimum absolute atomic E-state index is 0.0637. The van der Waals surface area contributed by atoms with Crippen LogP contribution < -0.4 is 5.32 Å². The van der Waals surface area contributed by atoms with Gasteiger partial charge in [-0.3, -0.25) is 4.79 Å². The fraction of sp³-hybridized carbons (Fsp3) is 0.462. The van der Waals surface area contributed by atoms with Crippen molar-refractivity contribution >= 4 is 33.3 Å². The molecule has 0 aliphatic carbocycles. The molecule has 0 fully saturated rings. The van der Waals surface area contributed by atoms with E-state index in [1.54, 1.807) is 17.7 Å². The quantitative estimate of drug-likeness (QED) is 0.880. The van der Waals surface area contributed by atoms with E-state index >= 15 is 0 Å². The van der Waals surface area contributed by atoms with Gasteiger partial charge in [0.2, 0.25) is 0 Å². The molecule has 2 rings (SSSR count). The molecule has 0 saturated carbocycles. The van der Waals surface area contributed by atoms with E-state index in [2.05, 4.69) is 29.1 Å². The Bertz CT molecular complexity index is 609. The van der Waals surface area contributed by atoms with Gasteiger partial charge in [-0.05, 0) is 32.8 Å². The molecule has 6 heteroatoms. The molecule has 5 nitrogen and oxygen atoms in total. The van der Waals surface area contributed by atoms with Crippen LogP contribution in [0.5, 0.6) is 0 Å². The highest BCUT2D eigenvalue weighted by Gasteiger charge is 2.13. The fourth-order valence-electron chi connectivity index (χ4n) is 1.94. The van der Waals surface area contributed by atoms with Gasteiger partial charge in [0.25, 0.3) is 0 Å². The molecular weight excluding hydrogens is 262 g/mol. The van der Waals surface area contributed by atoms with Gasteiger partial charge in [0.1, 0.15) is 17.0 Å². The van der Waals surface area contributed by atoms with E-state index in [0.29, 0.717) is 6.42 Å². The number of hydrogen-bond acceptors (Lipinski definition) is 5. The van der Waals surface area contributed by atoms with Gasteiger partial charge in [-0.15, -0.1) is 11.3 Å². The number of hydrogen-bond donors (Lipinski definition) is 2. The maximum absolute atomic E-state index is 10.6. The van der Waals surface area contributed by atoms with Crippen LogP contribution in [0.15, 0.2) is 6.33 Å². The molecule has 2 N–H and O–H groups in total. The van der Waals surface area contributed by atoms with Crippen LogP contribution in [0.25, 0.3) is 10.2 Å². The molecule has 2 aromatic heterocycles. The molecule has 1 unspecified atom stereocenters. The average Bonchev–Trinajstić information content (AvgIpc) is 2.64. The van der Waals surface area contributed by atoms with E-state index in [4.69, 9.17) is 5.11 Å². The third-order valence-corrected chi connectivity index (χ3v) is 4.25. The van der Waals surface area contributed by atoms with Gasteiger partial charge >= 0.3 is 5.97 Å². The first-order chi connectivity index (χ1) is 8.99. The molecule has 102 valence electrons. The number of aliphatic carboxylic acids is 1. The summed E-state index contributed by atoms with van der Waals surface area (Å²) < 4.78 is 0. The number of aromatic nitrogens is 2. The lowest BCUT2D eigenvalue weighted by Gasteiger charge is -2.14. The Balaban J connectivity index is 2.23. The van der Waals surface area contributed by atoms with Gasteiger partial charge < -0.3 is 10.4 Å². The maximum Gasteiger partial charge on any atom is 0.303 e. The summed E-state index contributed by atoms with van der Waals surface area (Å²) in [7, 11) is 0. The minimum Gasteiger partial charge on any atom is -0.481 e. The van der Waals surface area contributed by atoms with Crippen LogP contribution in [0, 0.1) is 13.8 Å². The number of anilines is 1. The monoisotopic (exact) mass is 279 g/mol. The van der Waals surface area contributed by atoms with E-state index in [0.717, 1.165) is 16.0 Å². The largest absolute Gasteiger partial charge is 0.481 e. The summed E-state index contributed by atoms with van der Waals surface area (Å²) in [5.41, 5.74) is 1.19. The predicted octanol–water partition coefficient (Wildman–Crippen LogP) is 2.97. The highest BCUT2D eigenvalue weighted by molar-refractivity contribution is 7.18. The van der Waals surface area contributed by atoms with Crippen molar-refractivity contribution in [1.82, 2.24) is 9.97 Å². The van der Waals surface area contributed by atoms with Crippen LogP contribution in [-0.4, -0.2) is 27.1 Å². The predicted molar refractivity (Wildman–Crippen MR) is 76.8 cm³/mol. The van der Waals surface area contributed by atoms with Crippen molar-refractivity contribution < 1.29 is 9.90 Å². The molecule has 0 bridgehead atoms. The number of fused-ring (bicyclic) bond motifs is 1. The van der Waals surface area contributed by atoms with Crippen molar-refractivity contribution in [1.29, 1.82) is 0 Å². The van der Waals surface area contributed by atoms with E-state index in [1.165, 1.54) is 10.4 Å². The number of nitrogens with one attached hydrogen (secondary N) is 1. The first-order valence-electron chi connectivity index (χ1n) is 6.18. The van der Waals surface area contributed by atoms with E-state index < -0.39 is 5.97 Å². The van der Waals surface area contributed by atoms with Crippen molar-refractivity contribution in [3.8, 4) is 0 Å². The summed E-state index contributed by atoms with van der Waals surface area (Å²) in [6.45, 7) is 6.09. The van der Waals surface area contributed by atoms with Gasteiger partial charge in [0.15, 0.2) is 0 Å². The number of thiophene rings is 1. The zero-order valence-electron chi connectivity index (χ0n) is 11.2. The molecular formula is C13H17N3O2S. The minimum atomic E-state index is -0.774. The molecule has 0 saturated heterocycles.